The lowest BCUT2D eigenvalue weighted by Gasteiger charge is -2.42. The molecule has 10 heteroatoms. The Labute approximate surface area is 288 Å². The maximum absolute atomic E-state index is 14.3. The predicted octanol–water partition coefficient (Wildman–Crippen LogP) is 2.97. The van der Waals surface area contributed by atoms with E-state index in [9.17, 15) is 19.2 Å². The Morgan fingerprint density at radius 1 is 0.600 bits per heavy atom. The van der Waals surface area contributed by atoms with E-state index in [1.807, 2.05) is 103 Å². The highest BCUT2D eigenvalue weighted by molar-refractivity contribution is 6.02. The number of para-hydroxylation sites is 2. The average Bonchev–Trinajstić information content (AvgIpc) is 3.80. The van der Waals surface area contributed by atoms with Crippen LogP contribution in [0.1, 0.15) is 27.8 Å². The van der Waals surface area contributed by atoms with Crippen molar-refractivity contribution in [3.63, 3.8) is 0 Å². The second-order valence-electron chi connectivity index (χ2n) is 13.8. The molecule has 0 spiro atoms. The zero-order chi connectivity index (χ0) is 34.0. The number of nitrogens with zero attached hydrogens (tertiary/aromatic N) is 1. The summed E-state index contributed by atoms with van der Waals surface area (Å²) in [5, 5.41) is 13.6. The van der Waals surface area contributed by atoms with Crippen molar-refractivity contribution >= 4 is 40.2 Å². The van der Waals surface area contributed by atoms with E-state index in [0.717, 1.165) is 44.4 Å². The smallest absolute Gasteiger partial charge is 0.246 e. The summed E-state index contributed by atoms with van der Waals surface area (Å²) in [5.41, 5.74) is 5.61. The van der Waals surface area contributed by atoms with Crippen LogP contribution in [0.15, 0.2) is 109 Å². The molecule has 0 aliphatic carbocycles. The number of amides is 4. The van der Waals surface area contributed by atoms with Gasteiger partial charge in [0.1, 0.15) is 24.2 Å². The van der Waals surface area contributed by atoms with Crippen LogP contribution in [0.2, 0.25) is 0 Å². The van der Waals surface area contributed by atoms with E-state index >= 15 is 0 Å². The minimum atomic E-state index is -0.878. The summed E-state index contributed by atoms with van der Waals surface area (Å²) in [7, 11) is 0. The monoisotopic (exact) mass is 664 g/mol. The van der Waals surface area contributed by atoms with Crippen LogP contribution >= 0.6 is 0 Å². The van der Waals surface area contributed by atoms with Crippen molar-refractivity contribution in [2.24, 2.45) is 0 Å². The third kappa shape index (κ3) is 4.62. The van der Waals surface area contributed by atoms with Crippen molar-refractivity contribution in [3.05, 3.63) is 137 Å². The fraction of sp³-hybridized carbons (Fsp3) is 0.250. The SMILES string of the molecule is O=C1N[C@H](Cc2ccccc2)C(=O)N[C@H]1Cc1c[nH]c2c([C@@]34c5ccccc5N[C@@H]3CN3C(=O)[C@@H](Cc5ccccc5)NC(=O)[C@@H]34)cccc12. The summed E-state index contributed by atoms with van der Waals surface area (Å²) in [4.78, 5) is 60.2. The van der Waals surface area contributed by atoms with Gasteiger partial charge < -0.3 is 31.2 Å². The fourth-order valence-corrected chi connectivity index (χ4v) is 8.84. The number of fused-ring (bicyclic) bond motifs is 6. The van der Waals surface area contributed by atoms with Gasteiger partial charge in [-0.3, -0.25) is 19.2 Å². The van der Waals surface area contributed by atoms with Crippen LogP contribution in [0.25, 0.3) is 10.9 Å². The molecule has 0 unspecified atom stereocenters. The molecule has 0 saturated carbocycles. The van der Waals surface area contributed by atoms with Crippen molar-refractivity contribution in [2.45, 2.75) is 54.9 Å². The Balaban J connectivity index is 1.05. The van der Waals surface area contributed by atoms with Gasteiger partial charge in [0.15, 0.2) is 0 Å². The molecule has 250 valence electrons. The van der Waals surface area contributed by atoms with E-state index in [4.69, 9.17) is 0 Å². The number of aromatic nitrogens is 1. The molecule has 4 amide bonds. The highest BCUT2D eigenvalue weighted by Gasteiger charge is 2.66. The van der Waals surface area contributed by atoms with Gasteiger partial charge in [0, 0.05) is 48.6 Å². The number of piperazine rings is 2. The summed E-state index contributed by atoms with van der Waals surface area (Å²) in [6.45, 7) is 0.374. The maximum atomic E-state index is 14.3. The summed E-state index contributed by atoms with van der Waals surface area (Å²) >= 11 is 0. The number of hydrogen-bond acceptors (Lipinski definition) is 5. The summed E-state index contributed by atoms with van der Waals surface area (Å²) < 4.78 is 0. The minimum absolute atomic E-state index is 0.0875. The zero-order valence-corrected chi connectivity index (χ0v) is 27.2. The van der Waals surface area contributed by atoms with Gasteiger partial charge in [-0.2, -0.15) is 0 Å². The number of aromatic amines is 1. The molecule has 10 nitrogen and oxygen atoms in total. The fourth-order valence-electron chi connectivity index (χ4n) is 8.84. The average molecular weight is 665 g/mol. The molecule has 3 saturated heterocycles. The first-order valence-electron chi connectivity index (χ1n) is 17.2. The summed E-state index contributed by atoms with van der Waals surface area (Å²) in [6.07, 6.45) is 3.02. The van der Waals surface area contributed by atoms with Crippen molar-refractivity contribution < 1.29 is 19.2 Å². The maximum Gasteiger partial charge on any atom is 0.246 e. The lowest BCUT2D eigenvalue weighted by Crippen LogP contribution is -2.66. The number of carbonyl (C=O) groups is 4. The Morgan fingerprint density at radius 2 is 1.20 bits per heavy atom. The molecule has 5 N–H and O–H groups in total. The van der Waals surface area contributed by atoms with Gasteiger partial charge >= 0.3 is 0 Å². The van der Waals surface area contributed by atoms with E-state index in [1.54, 1.807) is 4.90 Å². The van der Waals surface area contributed by atoms with E-state index in [1.165, 1.54) is 0 Å². The van der Waals surface area contributed by atoms with Crippen molar-refractivity contribution in [2.75, 3.05) is 11.9 Å². The first-order chi connectivity index (χ1) is 24.4. The normalized spacial score (nSPS) is 26.8. The molecular formula is C40H36N6O4. The number of carbonyl (C=O) groups excluding carboxylic acids is 4. The van der Waals surface area contributed by atoms with Crippen LogP contribution in [-0.4, -0.2) is 70.3 Å². The van der Waals surface area contributed by atoms with Crippen LogP contribution in [0.3, 0.4) is 0 Å². The number of benzene rings is 4. The molecule has 9 rings (SSSR count). The second kappa shape index (κ2) is 11.6. The molecule has 1 aromatic heterocycles. The molecule has 5 heterocycles. The van der Waals surface area contributed by atoms with Crippen molar-refractivity contribution in [1.82, 2.24) is 25.8 Å². The first-order valence-corrected chi connectivity index (χ1v) is 17.2. The highest BCUT2D eigenvalue weighted by atomic mass is 16.2. The van der Waals surface area contributed by atoms with Crippen LogP contribution in [0.5, 0.6) is 0 Å². The molecule has 4 aromatic carbocycles. The topological polar surface area (TPSA) is 135 Å². The van der Waals surface area contributed by atoms with Crippen LogP contribution in [-0.2, 0) is 43.9 Å². The van der Waals surface area contributed by atoms with Crippen molar-refractivity contribution in [3.8, 4) is 0 Å². The largest absolute Gasteiger partial charge is 0.379 e. The molecule has 0 radical (unpaired) electrons. The van der Waals surface area contributed by atoms with E-state index in [-0.39, 0.29) is 29.7 Å². The van der Waals surface area contributed by atoms with E-state index in [2.05, 4.69) is 32.3 Å². The van der Waals surface area contributed by atoms with Gasteiger partial charge in [-0.05, 0) is 33.9 Å². The Morgan fingerprint density at radius 3 is 1.92 bits per heavy atom. The molecular weight excluding hydrogens is 628 g/mol. The molecule has 4 aliphatic rings. The van der Waals surface area contributed by atoms with Gasteiger partial charge in [-0.25, -0.2) is 0 Å². The molecule has 4 aliphatic heterocycles. The zero-order valence-electron chi connectivity index (χ0n) is 27.2. The lowest BCUT2D eigenvalue weighted by molar-refractivity contribution is -0.148. The van der Waals surface area contributed by atoms with Gasteiger partial charge in [-0.15, -0.1) is 0 Å². The highest BCUT2D eigenvalue weighted by Crippen LogP contribution is 2.55. The quantitative estimate of drug-likeness (QED) is 0.182. The van der Waals surface area contributed by atoms with E-state index < -0.39 is 29.6 Å². The van der Waals surface area contributed by atoms with Crippen LogP contribution in [0, 0.1) is 0 Å². The van der Waals surface area contributed by atoms with E-state index in [0.29, 0.717) is 25.8 Å². The lowest BCUT2D eigenvalue weighted by atomic mass is 9.67. The molecule has 0 bridgehead atoms. The summed E-state index contributed by atoms with van der Waals surface area (Å²) in [6, 6.07) is 30.4. The first kappa shape index (κ1) is 30.2. The standard InChI is InChI=1S/C40H36N6O4/c47-36-30(18-23-10-3-1-4-11-23)43-37(48)31(44-36)20-25-21-41-34-26(25)14-9-16-28(34)40-27-15-7-8-17-29(27)42-33(40)22-46-35(40)38(49)45-32(39(46)50)19-24-12-5-2-6-13-24/h1-17,21,30-33,35,41-42H,18-20,22H2,(H,43,48)(H,44,47)(H,45,49)/t30-,31+,32-,33-,35-,40+/m1/s1. The van der Waals surface area contributed by atoms with Gasteiger partial charge in [0.05, 0.1) is 11.5 Å². The number of rotatable bonds is 7. The number of nitrogens with one attached hydrogen (secondary N) is 5. The third-order valence-electron chi connectivity index (χ3n) is 11.0. The Bertz CT molecular complexity index is 2170. The Hall–Kier alpha value is -5.90. The number of hydrogen-bond donors (Lipinski definition) is 5. The summed E-state index contributed by atoms with van der Waals surface area (Å²) in [5.74, 6) is -0.700. The third-order valence-corrected chi connectivity index (χ3v) is 11.0. The van der Waals surface area contributed by atoms with Crippen LogP contribution < -0.4 is 21.3 Å². The van der Waals surface area contributed by atoms with Gasteiger partial charge in [0.25, 0.3) is 0 Å². The number of H-pyrrole nitrogens is 1. The molecule has 5 aromatic rings. The molecule has 6 atom stereocenters. The van der Waals surface area contributed by atoms with Crippen molar-refractivity contribution in [1.29, 1.82) is 0 Å². The number of anilines is 1. The predicted molar refractivity (Wildman–Crippen MR) is 188 cm³/mol. The van der Waals surface area contributed by atoms with Gasteiger partial charge in [0.2, 0.25) is 23.6 Å². The molecule has 3 fully saturated rings. The second-order valence-corrected chi connectivity index (χ2v) is 13.8. The van der Waals surface area contributed by atoms with Gasteiger partial charge in [-0.1, -0.05) is 97.1 Å². The minimum Gasteiger partial charge on any atom is -0.379 e. The van der Waals surface area contributed by atoms with Crippen LogP contribution in [0.4, 0.5) is 5.69 Å². The Kier molecular flexibility index (Phi) is 7.01. The molecule has 50 heavy (non-hydrogen) atoms.